The highest BCUT2D eigenvalue weighted by atomic mass is 14.7. The van der Waals surface area contributed by atoms with Crippen molar-refractivity contribution >= 4 is 54.3 Å². The summed E-state index contributed by atoms with van der Waals surface area (Å²) in [6, 6.07) is 76.9. The third-order valence-electron chi connectivity index (χ3n) is 12.9. The molecule has 0 unspecified atom stereocenters. The minimum Gasteiger partial charge on any atom is -0.254 e. The second-order valence-electron chi connectivity index (χ2n) is 16.7. The van der Waals surface area contributed by atoms with E-state index in [9.17, 15) is 0 Å². The van der Waals surface area contributed by atoms with Crippen molar-refractivity contribution in [3.8, 4) is 44.6 Å². The molecular weight excluding hydrogens is 775 g/mol. The maximum absolute atomic E-state index is 5.44. The Balaban J connectivity index is 0.999. The predicted octanol–water partition coefficient (Wildman–Crippen LogP) is 15.5. The Morgan fingerprint density at radius 1 is 0.312 bits per heavy atom. The van der Waals surface area contributed by atoms with E-state index in [1.54, 1.807) is 0 Å². The Bertz CT molecular complexity index is 3710. The molecule has 0 atom stereocenters. The van der Waals surface area contributed by atoms with Gasteiger partial charge in [0, 0.05) is 39.5 Å². The SMILES string of the molecule is c1ccc(Cc2ccccc2-c2cc3c(-c4ccc(-c5ccc(-c6ccnc7c6ccc6cccnc67)c6ccccc56)cc4)nc4ccccc4c3cc2Cc2ccccc2)cc1. The Labute approximate surface area is 372 Å². The van der Waals surface area contributed by atoms with Crippen LogP contribution in [0.15, 0.2) is 225 Å². The monoisotopic (exact) mass is 815 g/mol. The molecule has 0 aliphatic carbocycles. The maximum atomic E-state index is 5.44. The van der Waals surface area contributed by atoms with Gasteiger partial charge in [-0.1, -0.05) is 182 Å². The van der Waals surface area contributed by atoms with E-state index in [-0.39, 0.29) is 0 Å². The summed E-state index contributed by atoms with van der Waals surface area (Å²) in [6.07, 6.45) is 5.43. The van der Waals surface area contributed by atoms with Gasteiger partial charge in [-0.15, -0.1) is 0 Å². The van der Waals surface area contributed by atoms with Crippen molar-refractivity contribution in [1.29, 1.82) is 0 Å². The van der Waals surface area contributed by atoms with Crippen LogP contribution >= 0.6 is 0 Å². The smallest absolute Gasteiger partial charge is 0.0970 e. The van der Waals surface area contributed by atoms with Gasteiger partial charge in [-0.05, 0) is 115 Å². The first-order valence-corrected chi connectivity index (χ1v) is 22.0. The Morgan fingerprint density at radius 2 is 0.938 bits per heavy atom. The summed E-state index contributed by atoms with van der Waals surface area (Å²) in [4.78, 5) is 15.0. The summed E-state index contributed by atoms with van der Waals surface area (Å²) in [5.74, 6) is 0. The fourth-order valence-electron chi connectivity index (χ4n) is 9.81. The van der Waals surface area contributed by atoms with Crippen LogP contribution in [0.1, 0.15) is 22.3 Å². The summed E-state index contributed by atoms with van der Waals surface area (Å²) < 4.78 is 0. The molecule has 12 rings (SSSR count). The lowest BCUT2D eigenvalue weighted by Gasteiger charge is -2.19. The Morgan fingerprint density at radius 3 is 1.73 bits per heavy atom. The minimum absolute atomic E-state index is 0.824. The van der Waals surface area contributed by atoms with Crippen molar-refractivity contribution < 1.29 is 0 Å². The zero-order valence-corrected chi connectivity index (χ0v) is 35.1. The van der Waals surface area contributed by atoms with Crippen molar-refractivity contribution in [1.82, 2.24) is 15.0 Å². The Hall–Kier alpha value is -8.27. The summed E-state index contributed by atoms with van der Waals surface area (Å²) in [5, 5.41) is 8.12. The summed E-state index contributed by atoms with van der Waals surface area (Å²) in [6.45, 7) is 0. The van der Waals surface area contributed by atoms with Crippen LogP contribution in [0, 0.1) is 0 Å². The molecule has 0 saturated heterocycles. The quantitative estimate of drug-likeness (QED) is 0.143. The molecular formula is C61H41N3. The van der Waals surface area contributed by atoms with Crippen molar-refractivity contribution in [2.75, 3.05) is 0 Å². The molecule has 3 heteroatoms. The molecule has 64 heavy (non-hydrogen) atoms. The number of hydrogen-bond donors (Lipinski definition) is 0. The number of rotatable bonds is 8. The maximum Gasteiger partial charge on any atom is 0.0970 e. The van der Waals surface area contributed by atoms with Gasteiger partial charge in [0.25, 0.3) is 0 Å². The largest absolute Gasteiger partial charge is 0.254 e. The molecule has 0 aliphatic heterocycles. The second-order valence-corrected chi connectivity index (χ2v) is 16.7. The molecule has 9 aromatic carbocycles. The van der Waals surface area contributed by atoms with E-state index in [2.05, 4.69) is 206 Å². The van der Waals surface area contributed by atoms with E-state index < -0.39 is 0 Å². The lowest BCUT2D eigenvalue weighted by atomic mass is 9.86. The lowest BCUT2D eigenvalue weighted by molar-refractivity contribution is 1.17. The molecule has 12 aromatic rings. The van der Waals surface area contributed by atoms with Gasteiger partial charge in [-0.2, -0.15) is 0 Å². The van der Waals surface area contributed by atoms with Crippen LogP contribution in [0.4, 0.5) is 0 Å². The molecule has 0 N–H and O–H groups in total. The van der Waals surface area contributed by atoms with Crippen LogP contribution in [0.5, 0.6) is 0 Å². The first-order chi connectivity index (χ1) is 31.7. The van der Waals surface area contributed by atoms with E-state index >= 15 is 0 Å². The summed E-state index contributed by atoms with van der Waals surface area (Å²) in [5.41, 5.74) is 17.3. The van der Waals surface area contributed by atoms with Crippen LogP contribution in [0.25, 0.3) is 98.9 Å². The zero-order valence-electron chi connectivity index (χ0n) is 35.1. The molecule has 0 fully saturated rings. The van der Waals surface area contributed by atoms with Gasteiger partial charge in [-0.3, -0.25) is 9.97 Å². The third-order valence-corrected chi connectivity index (χ3v) is 12.9. The first-order valence-electron chi connectivity index (χ1n) is 22.0. The van der Waals surface area contributed by atoms with Crippen molar-refractivity contribution in [3.05, 3.63) is 247 Å². The number of hydrogen-bond acceptors (Lipinski definition) is 3. The second kappa shape index (κ2) is 15.9. The van der Waals surface area contributed by atoms with Gasteiger partial charge in [0.1, 0.15) is 0 Å². The fraction of sp³-hybridized carbons (Fsp3) is 0.0328. The van der Waals surface area contributed by atoms with Crippen LogP contribution in [-0.2, 0) is 12.8 Å². The number of pyridine rings is 3. The number of benzene rings is 9. The molecule has 0 spiro atoms. The summed E-state index contributed by atoms with van der Waals surface area (Å²) >= 11 is 0. The molecule has 0 saturated carbocycles. The first kappa shape index (κ1) is 37.5. The minimum atomic E-state index is 0.824. The lowest BCUT2D eigenvalue weighted by Crippen LogP contribution is -1.99. The van der Waals surface area contributed by atoms with E-state index in [1.165, 1.54) is 60.7 Å². The molecule has 0 radical (unpaired) electrons. The van der Waals surface area contributed by atoms with Gasteiger partial charge < -0.3 is 0 Å². The molecule has 0 amide bonds. The van der Waals surface area contributed by atoms with Crippen molar-refractivity contribution in [3.63, 3.8) is 0 Å². The van der Waals surface area contributed by atoms with Crippen LogP contribution in [-0.4, -0.2) is 15.0 Å². The van der Waals surface area contributed by atoms with E-state index in [0.717, 1.165) is 73.3 Å². The number of para-hydroxylation sites is 1. The summed E-state index contributed by atoms with van der Waals surface area (Å²) in [7, 11) is 0. The molecule has 3 aromatic heterocycles. The van der Waals surface area contributed by atoms with Gasteiger partial charge in [0.05, 0.1) is 22.2 Å². The van der Waals surface area contributed by atoms with Gasteiger partial charge in [0.15, 0.2) is 0 Å². The highest BCUT2D eigenvalue weighted by molar-refractivity contribution is 6.14. The van der Waals surface area contributed by atoms with Crippen LogP contribution < -0.4 is 0 Å². The topological polar surface area (TPSA) is 38.7 Å². The fourth-order valence-corrected chi connectivity index (χ4v) is 9.81. The predicted molar refractivity (Wildman–Crippen MR) is 268 cm³/mol. The standard InChI is InChI=1S/C61H41N3/c1-3-14-40(15-4-1)36-45-18-7-8-20-47(45)55-39-57-56(38-46(55)37-41-16-5-2-6-17-41)53-23-11-12-24-58(53)64-59(57)44-27-25-42(26-28-44)48-31-32-51(50-22-10-9-21-49(48)50)52-33-35-63-61-54(52)30-29-43-19-13-34-62-60(43)61/h1-35,38-39H,36-37H2. The van der Waals surface area contributed by atoms with E-state index in [1.807, 2.05) is 18.5 Å². The van der Waals surface area contributed by atoms with Crippen LogP contribution in [0.2, 0.25) is 0 Å². The molecule has 0 aliphatic rings. The molecule has 300 valence electrons. The molecule has 0 bridgehead atoms. The average molecular weight is 816 g/mol. The van der Waals surface area contributed by atoms with Gasteiger partial charge >= 0.3 is 0 Å². The van der Waals surface area contributed by atoms with Crippen molar-refractivity contribution in [2.24, 2.45) is 0 Å². The highest BCUT2D eigenvalue weighted by Gasteiger charge is 2.19. The molecule has 3 heterocycles. The van der Waals surface area contributed by atoms with Crippen LogP contribution in [0.3, 0.4) is 0 Å². The van der Waals surface area contributed by atoms with Gasteiger partial charge in [-0.25, -0.2) is 4.98 Å². The van der Waals surface area contributed by atoms with E-state index in [0.29, 0.717) is 0 Å². The number of aromatic nitrogens is 3. The number of nitrogens with zero attached hydrogens (tertiary/aromatic N) is 3. The average Bonchev–Trinajstić information content (AvgIpc) is 3.36. The van der Waals surface area contributed by atoms with Gasteiger partial charge in [0.2, 0.25) is 0 Å². The molecule has 3 nitrogen and oxygen atoms in total. The zero-order chi connectivity index (χ0) is 42.4. The third kappa shape index (κ3) is 6.66. The number of fused-ring (bicyclic) bond motifs is 7. The van der Waals surface area contributed by atoms with E-state index in [4.69, 9.17) is 15.0 Å². The highest BCUT2D eigenvalue weighted by Crippen LogP contribution is 2.42. The Kier molecular flexibility index (Phi) is 9.31. The normalized spacial score (nSPS) is 11.6. The van der Waals surface area contributed by atoms with Crippen molar-refractivity contribution in [2.45, 2.75) is 12.8 Å².